The van der Waals surface area contributed by atoms with E-state index in [0.717, 1.165) is 11.1 Å². The van der Waals surface area contributed by atoms with Crippen molar-refractivity contribution in [3.8, 4) is 5.75 Å². The van der Waals surface area contributed by atoms with Gasteiger partial charge in [-0.15, -0.1) is 0 Å². The third-order valence-electron chi connectivity index (χ3n) is 2.07. The highest BCUT2D eigenvalue weighted by atomic mass is 32.2. The lowest BCUT2D eigenvalue weighted by Crippen LogP contribution is -2.15. The zero-order valence-electron chi connectivity index (χ0n) is 8.52. The van der Waals surface area contributed by atoms with Gasteiger partial charge >= 0.3 is 10.3 Å². The quantitative estimate of drug-likeness (QED) is 0.802. The lowest BCUT2D eigenvalue weighted by atomic mass is 10.1. The zero-order chi connectivity index (χ0) is 11.6. The van der Waals surface area contributed by atoms with E-state index in [2.05, 4.69) is 9.32 Å². The lowest BCUT2D eigenvalue weighted by molar-refractivity contribution is 0.302. The number of hydrogen-bond acceptors (Lipinski definition) is 4. The summed E-state index contributed by atoms with van der Waals surface area (Å²) in [5.74, 6) is 0.00162. The molecule has 0 aliphatic carbocycles. The predicted octanol–water partition coefficient (Wildman–Crippen LogP) is 0.729. The fourth-order valence-corrected chi connectivity index (χ4v) is 1.41. The number of rotatable bonds is 3. The summed E-state index contributed by atoms with van der Waals surface area (Å²) in [7, 11) is -3.97. The van der Waals surface area contributed by atoms with Gasteiger partial charge in [0.2, 0.25) is 0 Å². The molecule has 84 valence electrons. The minimum atomic E-state index is -3.97. The Morgan fingerprint density at radius 2 is 1.87 bits per heavy atom. The van der Waals surface area contributed by atoms with Crippen LogP contribution in [0.15, 0.2) is 12.1 Å². The highest BCUT2D eigenvalue weighted by Gasteiger charge is 2.08. The van der Waals surface area contributed by atoms with Crippen molar-refractivity contribution in [2.75, 3.05) is 0 Å². The highest BCUT2D eigenvalue weighted by Crippen LogP contribution is 2.22. The molecule has 1 aromatic rings. The van der Waals surface area contributed by atoms with Gasteiger partial charge < -0.3 is 5.11 Å². The van der Waals surface area contributed by atoms with Crippen molar-refractivity contribution in [2.45, 2.75) is 20.5 Å². The van der Waals surface area contributed by atoms with Gasteiger partial charge in [-0.25, -0.2) is 5.14 Å². The van der Waals surface area contributed by atoms with Gasteiger partial charge in [-0.1, -0.05) is 0 Å². The average molecular weight is 231 g/mol. The van der Waals surface area contributed by atoms with Crippen LogP contribution < -0.4 is 5.14 Å². The predicted molar refractivity (Wildman–Crippen MR) is 55.5 cm³/mol. The normalized spacial score (nSPS) is 11.7. The summed E-state index contributed by atoms with van der Waals surface area (Å²) >= 11 is 0. The molecule has 0 aliphatic rings. The van der Waals surface area contributed by atoms with E-state index in [0.29, 0.717) is 5.56 Å². The van der Waals surface area contributed by atoms with Crippen LogP contribution in [0.25, 0.3) is 0 Å². The summed E-state index contributed by atoms with van der Waals surface area (Å²) in [5, 5.41) is 14.2. The summed E-state index contributed by atoms with van der Waals surface area (Å²) in [4.78, 5) is 0. The molecular formula is C9H13NO4S. The van der Waals surface area contributed by atoms with Crippen LogP contribution in [0, 0.1) is 13.8 Å². The van der Waals surface area contributed by atoms with Gasteiger partial charge in [-0.05, 0) is 37.1 Å². The maximum atomic E-state index is 10.5. The first-order chi connectivity index (χ1) is 6.79. The molecule has 3 N–H and O–H groups in total. The van der Waals surface area contributed by atoms with Crippen LogP contribution in [-0.4, -0.2) is 13.5 Å². The average Bonchev–Trinajstić information content (AvgIpc) is 2.07. The minimum absolute atomic E-state index is 0.00162. The maximum Gasteiger partial charge on any atom is 0.333 e. The van der Waals surface area contributed by atoms with Crippen LogP contribution in [0.1, 0.15) is 16.7 Å². The second-order valence-corrected chi connectivity index (χ2v) is 4.54. The third kappa shape index (κ3) is 3.50. The van der Waals surface area contributed by atoms with E-state index >= 15 is 0 Å². The second kappa shape index (κ2) is 4.18. The monoisotopic (exact) mass is 231 g/mol. The SMILES string of the molecule is Cc1cc(O)c(COS(N)(=O)=O)cc1C. The minimum Gasteiger partial charge on any atom is -0.508 e. The van der Waals surface area contributed by atoms with E-state index in [1.54, 1.807) is 12.1 Å². The molecule has 0 unspecified atom stereocenters. The Kier molecular flexibility index (Phi) is 3.33. The topological polar surface area (TPSA) is 89.6 Å². The summed E-state index contributed by atoms with van der Waals surface area (Å²) in [6.45, 7) is 3.44. The number of hydrogen-bond donors (Lipinski definition) is 2. The molecule has 0 fully saturated rings. The summed E-state index contributed by atoms with van der Waals surface area (Å²) < 4.78 is 25.5. The van der Waals surface area contributed by atoms with E-state index in [-0.39, 0.29) is 12.4 Å². The van der Waals surface area contributed by atoms with Crippen molar-refractivity contribution in [1.82, 2.24) is 0 Å². The van der Waals surface area contributed by atoms with Crippen molar-refractivity contribution in [2.24, 2.45) is 5.14 Å². The Hall–Kier alpha value is -1.11. The summed E-state index contributed by atoms with van der Waals surface area (Å²) in [5.41, 5.74) is 2.26. The Balaban J connectivity index is 2.91. The van der Waals surface area contributed by atoms with E-state index in [1.807, 2.05) is 13.8 Å². The maximum absolute atomic E-state index is 10.5. The van der Waals surface area contributed by atoms with Gasteiger partial charge in [0.15, 0.2) is 0 Å². The van der Waals surface area contributed by atoms with Crippen molar-refractivity contribution >= 4 is 10.3 Å². The highest BCUT2D eigenvalue weighted by molar-refractivity contribution is 7.84. The van der Waals surface area contributed by atoms with Gasteiger partial charge in [0, 0.05) is 5.56 Å². The van der Waals surface area contributed by atoms with Crippen LogP contribution in [0.4, 0.5) is 0 Å². The van der Waals surface area contributed by atoms with Crippen molar-refractivity contribution in [3.05, 3.63) is 28.8 Å². The number of aryl methyl sites for hydroxylation is 2. The van der Waals surface area contributed by atoms with Crippen molar-refractivity contribution < 1.29 is 17.7 Å². The summed E-state index contributed by atoms with van der Waals surface area (Å²) in [6, 6.07) is 3.22. The van der Waals surface area contributed by atoms with Crippen LogP contribution in [0.2, 0.25) is 0 Å². The molecule has 0 radical (unpaired) electrons. The van der Waals surface area contributed by atoms with Gasteiger partial charge in [0.25, 0.3) is 0 Å². The molecule has 0 atom stereocenters. The van der Waals surface area contributed by atoms with E-state index in [9.17, 15) is 13.5 Å². The zero-order valence-corrected chi connectivity index (χ0v) is 9.34. The number of benzene rings is 1. The number of aromatic hydroxyl groups is 1. The van der Waals surface area contributed by atoms with Gasteiger partial charge in [0.05, 0.1) is 6.61 Å². The second-order valence-electron chi connectivity index (χ2n) is 3.32. The number of phenolic OH excluding ortho intramolecular Hbond substituents is 1. The Morgan fingerprint density at radius 1 is 1.33 bits per heavy atom. The Morgan fingerprint density at radius 3 is 2.40 bits per heavy atom. The third-order valence-corrected chi connectivity index (χ3v) is 2.52. The van der Waals surface area contributed by atoms with Crippen LogP contribution in [-0.2, 0) is 21.1 Å². The molecule has 0 saturated heterocycles. The molecule has 0 spiro atoms. The molecule has 0 amide bonds. The fraction of sp³-hybridized carbons (Fsp3) is 0.333. The van der Waals surface area contributed by atoms with E-state index in [4.69, 9.17) is 0 Å². The first-order valence-corrected chi connectivity index (χ1v) is 5.73. The summed E-state index contributed by atoms with van der Waals surface area (Å²) in [6.07, 6.45) is 0. The molecule has 15 heavy (non-hydrogen) atoms. The van der Waals surface area contributed by atoms with Crippen LogP contribution in [0.5, 0.6) is 5.75 Å². The molecule has 0 saturated carbocycles. The molecule has 1 rings (SSSR count). The van der Waals surface area contributed by atoms with E-state index < -0.39 is 10.3 Å². The van der Waals surface area contributed by atoms with Gasteiger partial charge in [-0.3, -0.25) is 4.18 Å². The first kappa shape index (κ1) is 12.0. The molecule has 1 aromatic carbocycles. The van der Waals surface area contributed by atoms with Gasteiger partial charge in [0.1, 0.15) is 5.75 Å². The Bertz CT molecular complexity index is 467. The first-order valence-electron chi connectivity index (χ1n) is 4.26. The molecule has 0 heterocycles. The fourth-order valence-electron chi connectivity index (χ4n) is 1.12. The molecule has 0 aliphatic heterocycles. The molecule has 0 aromatic heterocycles. The van der Waals surface area contributed by atoms with Crippen molar-refractivity contribution in [1.29, 1.82) is 0 Å². The van der Waals surface area contributed by atoms with Gasteiger partial charge in [-0.2, -0.15) is 8.42 Å². The molecular weight excluding hydrogens is 218 g/mol. The van der Waals surface area contributed by atoms with Crippen molar-refractivity contribution in [3.63, 3.8) is 0 Å². The number of nitrogens with two attached hydrogens (primary N) is 1. The number of phenols is 1. The Labute approximate surface area is 88.7 Å². The molecule has 0 bridgehead atoms. The smallest absolute Gasteiger partial charge is 0.333 e. The van der Waals surface area contributed by atoms with Crippen LogP contribution in [0.3, 0.4) is 0 Å². The molecule has 5 nitrogen and oxygen atoms in total. The standard InChI is InChI=1S/C9H13NO4S/c1-6-3-8(5-14-15(10,12)13)9(11)4-7(6)2/h3-4,11H,5H2,1-2H3,(H2,10,12,13). The largest absolute Gasteiger partial charge is 0.508 e. The lowest BCUT2D eigenvalue weighted by Gasteiger charge is -2.07. The molecule has 6 heteroatoms. The van der Waals surface area contributed by atoms with Crippen LogP contribution >= 0.6 is 0 Å². The van der Waals surface area contributed by atoms with E-state index in [1.165, 1.54) is 0 Å².